The van der Waals surface area contributed by atoms with Crippen molar-refractivity contribution in [2.75, 3.05) is 34.5 Å². The van der Waals surface area contributed by atoms with E-state index in [1.807, 2.05) is 30.3 Å². The second kappa shape index (κ2) is 10.9. The molecule has 0 radical (unpaired) electrons. The van der Waals surface area contributed by atoms with Crippen molar-refractivity contribution in [3.63, 3.8) is 0 Å². The number of benzene rings is 1. The molecule has 3 N–H and O–H groups in total. The molecule has 0 unspecified atom stereocenters. The zero-order chi connectivity index (χ0) is 19.5. The number of rotatable bonds is 10. The summed E-state index contributed by atoms with van der Waals surface area (Å²) in [6.45, 7) is 1.81. The number of nitrogens with zero attached hydrogens (tertiary/aromatic N) is 2. The largest absolute Gasteiger partial charge is 0.493 e. The van der Waals surface area contributed by atoms with Crippen molar-refractivity contribution in [3.05, 3.63) is 47.7 Å². The molecule has 1 aromatic heterocycles. The fourth-order valence-corrected chi connectivity index (χ4v) is 2.31. The molecule has 1 aromatic carbocycles. The van der Waals surface area contributed by atoms with Crippen LogP contribution >= 0.6 is 0 Å². The zero-order valence-corrected chi connectivity index (χ0v) is 15.9. The van der Waals surface area contributed by atoms with Gasteiger partial charge in [0.25, 0.3) is 0 Å². The molecule has 8 heteroatoms. The van der Waals surface area contributed by atoms with Crippen LogP contribution in [0, 0.1) is 0 Å². The van der Waals surface area contributed by atoms with Gasteiger partial charge in [0.2, 0.25) is 5.88 Å². The highest BCUT2D eigenvalue weighted by molar-refractivity contribution is 5.77. The summed E-state index contributed by atoms with van der Waals surface area (Å²) in [5.41, 5.74) is 7.82. The molecule has 0 amide bonds. The second-order valence-electron chi connectivity index (χ2n) is 5.55. The van der Waals surface area contributed by atoms with Crippen molar-refractivity contribution in [1.82, 2.24) is 10.3 Å². The molecule has 2 rings (SSSR count). The predicted octanol–water partition coefficient (Wildman–Crippen LogP) is 1.73. The number of aliphatic imine (C=N–C) groups is 1. The van der Waals surface area contributed by atoms with E-state index < -0.39 is 0 Å². The summed E-state index contributed by atoms with van der Waals surface area (Å²) < 4.78 is 21.1. The molecule has 0 saturated heterocycles. The number of hydrogen-bond acceptors (Lipinski definition) is 6. The Hall–Kier alpha value is -3.00. The lowest BCUT2D eigenvalue weighted by Gasteiger charge is -2.11. The molecule has 0 fully saturated rings. The Morgan fingerprint density at radius 1 is 1.11 bits per heavy atom. The van der Waals surface area contributed by atoms with Gasteiger partial charge < -0.3 is 30.0 Å². The third-order valence-corrected chi connectivity index (χ3v) is 3.72. The highest BCUT2D eigenvalue weighted by Gasteiger charge is 2.06. The second-order valence-corrected chi connectivity index (χ2v) is 5.55. The quantitative estimate of drug-likeness (QED) is 0.371. The lowest BCUT2D eigenvalue weighted by Crippen LogP contribution is -2.31. The minimum absolute atomic E-state index is 0.330. The number of guanidine groups is 1. The Kier molecular flexibility index (Phi) is 8.18. The van der Waals surface area contributed by atoms with Crippen LogP contribution in [0.15, 0.2) is 41.5 Å². The van der Waals surface area contributed by atoms with E-state index in [0.717, 1.165) is 11.1 Å². The smallest absolute Gasteiger partial charge is 0.218 e. The molecular weight excluding hydrogens is 348 g/mol. The van der Waals surface area contributed by atoms with Crippen LogP contribution in [0.3, 0.4) is 0 Å². The standard InChI is InChI=1S/C19H26N4O4/c1-24-9-10-27-18-15(5-4-8-21-18)13-23-19(20)22-12-14-6-7-16(25-2)17(11-14)26-3/h4-8,11H,9-10,12-13H2,1-3H3,(H3,20,22,23). The van der Waals surface area contributed by atoms with E-state index >= 15 is 0 Å². The Morgan fingerprint density at radius 2 is 1.93 bits per heavy atom. The first-order chi connectivity index (χ1) is 13.2. The van der Waals surface area contributed by atoms with Gasteiger partial charge >= 0.3 is 0 Å². The summed E-state index contributed by atoms with van der Waals surface area (Å²) in [4.78, 5) is 8.58. The topological polar surface area (TPSA) is 100 Å². The van der Waals surface area contributed by atoms with Gasteiger partial charge in [-0.2, -0.15) is 0 Å². The summed E-state index contributed by atoms with van der Waals surface area (Å²) in [6, 6.07) is 9.40. The van der Waals surface area contributed by atoms with Gasteiger partial charge in [0.15, 0.2) is 17.5 Å². The lowest BCUT2D eigenvalue weighted by molar-refractivity contribution is 0.143. The van der Waals surface area contributed by atoms with Gasteiger partial charge in [-0.1, -0.05) is 12.1 Å². The fourth-order valence-electron chi connectivity index (χ4n) is 2.31. The van der Waals surface area contributed by atoms with Crippen LogP contribution in [0.2, 0.25) is 0 Å². The first-order valence-corrected chi connectivity index (χ1v) is 8.48. The van der Waals surface area contributed by atoms with E-state index in [1.54, 1.807) is 27.5 Å². The molecule has 0 bridgehead atoms. The van der Waals surface area contributed by atoms with Crippen LogP contribution in [0.1, 0.15) is 11.1 Å². The first kappa shape index (κ1) is 20.3. The molecule has 27 heavy (non-hydrogen) atoms. The van der Waals surface area contributed by atoms with Crippen molar-refractivity contribution >= 4 is 5.96 Å². The molecule has 0 aliphatic carbocycles. The lowest BCUT2D eigenvalue weighted by atomic mass is 10.2. The average Bonchev–Trinajstić information content (AvgIpc) is 2.71. The third kappa shape index (κ3) is 6.34. The molecule has 1 heterocycles. The van der Waals surface area contributed by atoms with Crippen LogP contribution in [-0.4, -0.2) is 45.5 Å². The van der Waals surface area contributed by atoms with Crippen LogP contribution in [0.4, 0.5) is 0 Å². The number of methoxy groups -OCH3 is 3. The highest BCUT2D eigenvalue weighted by atomic mass is 16.5. The van der Waals surface area contributed by atoms with Crippen LogP contribution in [0.5, 0.6) is 17.4 Å². The molecule has 0 atom stereocenters. The fraction of sp³-hybridized carbons (Fsp3) is 0.368. The van der Waals surface area contributed by atoms with Crippen LogP contribution in [0.25, 0.3) is 0 Å². The number of ether oxygens (including phenoxy) is 4. The summed E-state index contributed by atoms with van der Waals surface area (Å²) in [6.07, 6.45) is 1.68. The zero-order valence-electron chi connectivity index (χ0n) is 15.9. The minimum atomic E-state index is 0.330. The number of pyridine rings is 1. The van der Waals surface area contributed by atoms with Gasteiger partial charge in [-0.3, -0.25) is 0 Å². The molecule has 146 valence electrons. The average molecular weight is 374 g/mol. The number of aromatic nitrogens is 1. The molecule has 2 aromatic rings. The first-order valence-electron chi connectivity index (χ1n) is 8.48. The molecular formula is C19H26N4O4. The summed E-state index contributed by atoms with van der Waals surface area (Å²) in [5, 5.41) is 3.07. The van der Waals surface area contributed by atoms with E-state index in [1.165, 1.54) is 0 Å². The van der Waals surface area contributed by atoms with Gasteiger partial charge in [0.1, 0.15) is 6.61 Å². The monoisotopic (exact) mass is 374 g/mol. The predicted molar refractivity (Wildman–Crippen MR) is 103 cm³/mol. The molecule has 0 aliphatic heterocycles. The Bertz CT molecular complexity index is 752. The van der Waals surface area contributed by atoms with Gasteiger partial charge in [0, 0.05) is 25.4 Å². The summed E-state index contributed by atoms with van der Waals surface area (Å²) in [5.74, 6) is 2.21. The van der Waals surface area contributed by atoms with Gasteiger partial charge in [-0.05, 0) is 23.8 Å². The van der Waals surface area contributed by atoms with Crippen molar-refractivity contribution in [2.24, 2.45) is 10.7 Å². The van der Waals surface area contributed by atoms with E-state index in [-0.39, 0.29) is 0 Å². The van der Waals surface area contributed by atoms with Crippen molar-refractivity contribution in [2.45, 2.75) is 13.1 Å². The molecule has 0 spiro atoms. The van der Waals surface area contributed by atoms with Gasteiger partial charge in [-0.25, -0.2) is 9.98 Å². The highest BCUT2D eigenvalue weighted by Crippen LogP contribution is 2.27. The summed E-state index contributed by atoms with van der Waals surface area (Å²) >= 11 is 0. The van der Waals surface area contributed by atoms with E-state index in [9.17, 15) is 0 Å². The van der Waals surface area contributed by atoms with E-state index in [0.29, 0.717) is 49.6 Å². The number of hydrogen-bond donors (Lipinski definition) is 2. The summed E-state index contributed by atoms with van der Waals surface area (Å²) in [7, 11) is 4.82. The molecule has 0 saturated carbocycles. The Morgan fingerprint density at radius 3 is 2.67 bits per heavy atom. The number of nitrogens with one attached hydrogen (secondary N) is 1. The third-order valence-electron chi connectivity index (χ3n) is 3.72. The van der Waals surface area contributed by atoms with Crippen molar-refractivity contribution in [1.29, 1.82) is 0 Å². The Balaban J connectivity index is 1.93. The molecule has 8 nitrogen and oxygen atoms in total. The normalized spacial score (nSPS) is 11.1. The maximum Gasteiger partial charge on any atom is 0.218 e. The Labute approximate surface area is 159 Å². The van der Waals surface area contributed by atoms with Crippen molar-refractivity contribution < 1.29 is 18.9 Å². The minimum Gasteiger partial charge on any atom is -0.493 e. The van der Waals surface area contributed by atoms with Crippen LogP contribution in [-0.2, 0) is 17.8 Å². The van der Waals surface area contributed by atoms with E-state index in [4.69, 9.17) is 24.7 Å². The number of nitrogens with two attached hydrogens (primary N) is 1. The SMILES string of the molecule is COCCOc1ncccc1CNC(N)=NCc1ccc(OC)c(OC)c1. The maximum atomic E-state index is 5.97. The van der Waals surface area contributed by atoms with Gasteiger partial charge in [0.05, 0.1) is 27.4 Å². The van der Waals surface area contributed by atoms with Crippen molar-refractivity contribution in [3.8, 4) is 17.4 Å². The van der Waals surface area contributed by atoms with Gasteiger partial charge in [-0.15, -0.1) is 0 Å². The van der Waals surface area contributed by atoms with Crippen LogP contribution < -0.4 is 25.3 Å². The maximum absolute atomic E-state index is 5.97. The van der Waals surface area contributed by atoms with E-state index in [2.05, 4.69) is 15.3 Å². The molecule has 0 aliphatic rings.